The van der Waals surface area contributed by atoms with E-state index in [1.54, 1.807) is 12.1 Å². The van der Waals surface area contributed by atoms with Crippen LogP contribution in [0.3, 0.4) is 0 Å². The topological polar surface area (TPSA) is 95.6 Å². The Balaban J connectivity index is 1.84. The fourth-order valence-corrected chi connectivity index (χ4v) is 4.12. The summed E-state index contributed by atoms with van der Waals surface area (Å²) in [5.41, 5.74) is 1.80. The summed E-state index contributed by atoms with van der Waals surface area (Å²) in [6.07, 6.45) is 0. The highest BCUT2D eigenvalue weighted by Crippen LogP contribution is 2.19. The predicted molar refractivity (Wildman–Crippen MR) is 97.3 cm³/mol. The first-order valence-electron chi connectivity index (χ1n) is 8.12. The van der Waals surface area contributed by atoms with Crippen LogP contribution in [0.25, 0.3) is 0 Å². The highest BCUT2D eigenvalue weighted by atomic mass is 32.2. The van der Waals surface area contributed by atoms with Crippen LogP contribution >= 0.6 is 0 Å². The Kier molecular flexibility index (Phi) is 5.06. The molecular weight excluding hydrogens is 354 g/mol. The van der Waals surface area contributed by atoms with E-state index in [-0.39, 0.29) is 36.0 Å². The molecule has 136 valence electrons. The molecule has 0 saturated carbocycles. The number of rotatable bonds is 4. The van der Waals surface area contributed by atoms with Crippen LogP contribution in [0.4, 0.5) is 5.69 Å². The zero-order valence-corrected chi connectivity index (χ0v) is 15.0. The van der Waals surface area contributed by atoms with Gasteiger partial charge in [-0.1, -0.05) is 24.3 Å². The van der Waals surface area contributed by atoms with Gasteiger partial charge >= 0.3 is 0 Å². The van der Waals surface area contributed by atoms with Crippen molar-refractivity contribution in [1.82, 2.24) is 9.62 Å². The van der Waals surface area contributed by atoms with E-state index in [0.29, 0.717) is 5.69 Å². The number of hydrogen-bond acceptors (Lipinski definition) is 4. The van der Waals surface area contributed by atoms with Gasteiger partial charge in [-0.2, -0.15) is 4.31 Å². The molecule has 8 heteroatoms. The number of aryl methyl sites for hydroxylation is 1. The quantitative estimate of drug-likeness (QED) is 0.846. The molecule has 1 heterocycles. The number of piperazine rings is 1. The standard InChI is InChI=1S/C18H19N3O4S/c1-13-5-2-3-8-16(13)20-18(23)14-6-4-7-15(11-14)26(24,25)21-10-9-19-17(22)12-21/h2-8,11H,9-10,12H2,1H3,(H,19,22)(H,20,23). The lowest BCUT2D eigenvalue weighted by molar-refractivity contribution is -0.122. The van der Waals surface area contributed by atoms with Crippen LogP contribution in [0.1, 0.15) is 15.9 Å². The zero-order valence-electron chi connectivity index (χ0n) is 14.2. The Hall–Kier alpha value is -2.71. The molecule has 7 nitrogen and oxygen atoms in total. The monoisotopic (exact) mass is 373 g/mol. The predicted octanol–water partition coefficient (Wildman–Crippen LogP) is 1.37. The normalized spacial score (nSPS) is 15.3. The molecule has 1 saturated heterocycles. The number of sulfonamides is 1. The van der Waals surface area contributed by atoms with Crippen LogP contribution in [0, 0.1) is 6.92 Å². The van der Waals surface area contributed by atoms with Crippen molar-refractivity contribution >= 4 is 27.5 Å². The van der Waals surface area contributed by atoms with Crippen LogP contribution in [0.2, 0.25) is 0 Å². The van der Waals surface area contributed by atoms with Crippen molar-refractivity contribution in [3.05, 3.63) is 59.7 Å². The fourth-order valence-electron chi connectivity index (χ4n) is 2.67. The third kappa shape index (κ3) is 3.76. The van der Waals surface area contributed by atoms with Gasteiger partial charge in [0.25, 0.3) is 5.91 Å². The molecule has 0 bridgehead atoms. The number of hydrogen-bond donors (Lipinski definition) is 2. The summed E-state index contributed by atoms with van der Waals surface area (Å²) >= 11 is 0. The van der Waals surface area contributed by atoms with Crippen molar-refractivity contribution in [3.63, 3.8) is 0 Å². The van der Waals surface area contributed by atoms with Gasteiger partial charge in [0.2, 0.25) is 15.9 Å². The lowest BCUT2D eigenvalue weighted by Crippen LogP contribution is -2.49. The number of benzene rings is 2. The number of para-hydroxylation sites is 1. The van der Waals surface area contributed by atoms with Crippen LogP contribution in [0.5, 0.6) is 0 Å². The minimum absolute atomic E-state index is 0.00960. The smallest absolute Gasteiger partial charge is 0.255 e. The molecule has 2 aromatic carbocycles. The summed E-state index contributed by atoms with van der Waals surface area (Å²) in [5.74, 6) is -0.735. The highest BCUT2D eigenvalue weighted by Gasteiger charge is 2.29. The number of amides is 2. The van der Waals surface area contributed by atoms with Gasteiger partial charge in [0.15, 0.2) is 0 Å². The average molecular weight is 373 g/mol. The first-order valence-corrected chi connectivity index (χ1v) is 9.56. The summed E-state index contributed by atoms with van der Waals surface area (Å²) in [5, 5.41) is 5.37. The van der Waals surface area contributed by atoms with Gasteiger partial charge in [-0.15, -0.1) is 0 Å². The molecule has 0 aromatic heterocycles. The van der Waals surface area contributed by atoms with Gasteiger partial charge in [0, 0.05) is 24.3 Å². The molecule has 1 aliphatic rings. The molecule has 0 spiro atoms. The summed E-state index contributed by atoms with van der Waals surface area (Å²) in [4.78, 5) is 24.0. The third-order valence-corrected chi connectivity index (χ3v) is 5.97. The molecule has 1 fully saturated rings. The van der Waals surface area contributed by atoms with E-state index in [9.17, 15) is 18.0 Å². The van der Waals surface area contributed by atoms with Gasteiger partial charge in [0.05, 0.1) is 11.4 Å². The number of anilines is 1. The Bertz CT molecular complexity index is 956. The minimum Gasteiger partial charge on any atom is -0.354 e. The van der Waals surface area contributed by atoms with Crippen molar-refractivity contribution in [2.24, 2.45) is 0 Å². The molecule has 0 atom stereocenters. The second-order valence-corrected chi connectivity index (χ2v) is 7.92. The molecule has 2 N–H and O–H groups in total. The van der Waals surface area contributed by atoms with E-state index in [4.69, 9.17) is 0 Å². The van der Waals surface area contributed by atoms with E-state index in [0.717, 1.165) is 9.87 Å². The first kappa shape index (κ1) is 18.1. The van der Waals surface area contributed by atoms with Gasteiger partial charge < -0.3 is 10.6 Å². The maximum atomic E-state index is 12.7. The second kappa shape index (κ2) is 7.27. The van der Waals surface area contributed by atoms with Crippen molar-refractivity contribution in [2.75, 3.05) is 25.0 Å². The van der Waals surface area contributed by atoms with E-state index in [1.807, 2.05) is 25.1 Å². The molecule has 2 aromatic rings. The Morgan fingerprint density at radius 3 is 2.65 bits per heavy atom. The lowest BCUT2D eigenvalue weighted by Gasteiger charge is -2.26. The van der Waals surface area contributed by atoms with Gasteiger partial charge in [-0.25, -0.2) is 8.42 Å². The van der Waals surface area contributed by atoms with Crippen LogP contribution < -0.4 is 10.6 Å². The minimum atomic E-state index is -3.84. The highest BCUT2D eigenvalue weighted by molar-refractivity contribution is 7.89. The van der Waals surface area contributed by atoms with Crippen molar-refractivity contribution in [2.45, 2.75) is 11.8 Å². The van der Waals surface area contributed by atoms with Crippen LogP contribution in [-0.4, -0.2) is 44.2 Å². The van der Waals surface area contributed by atoms with E-state index in [1.165, 1.54) is 18.2 Å². The van der Waals surface area contributed by atoms with E-state index >= 15 is 0 Å². The van der Waals surface area contributed by atoms with Crippen molar-refractivity contribution < 1.29 is 18.0 Å². The number of carbonyl (C=O) groups excluding carboxylic acids is 2. The molecule has 0 radical (unpaired) electrons. The second-order valence-electron chi connectivity index (χ2n) is 5.99. The fraction of sp³-hybridized carbons (Fsp3) is 0.222. The maximum Gasteiger partial charge on any atom is 0.255 e. The van der Waals surface area contributed by atoms with Gasteiger partial charge in [0.1, 0.15) is 0 Å². The molecular formula is C18H19N3O4S. The largest absolute Gasteiger partial charge is 0.354 e. The zero-order chi connectivity index (χ0) is 18.7. The molecule has 26 heavy (non-hydrogen) atoms. The van der Waals surface area contributed by atoms with Crippen LogP contribution in [0.15, 0.2) is 53.4 Å². The molecule has 1 aliphatic heterocycles. The average Bonchev–Trinajstić information content (AvgIpc) is 2.63. The van der Waals surface area contributed by atoms with E-state index in [2.05, 4.69) is 10.6 Å². The lowest BCUT2D eigenvalue weighted by atomic mass is 10.1. The Morgan fingerprint density at radius 1 is 1.15 bits per heavy atom. The molecule has 2 amide bonds. The van der Waals surface area contributed by atoms with Crippen molar-refractivity contribution in [3.8, 4) is 0 Å². The molecule has 0 aliphatic carbocycles. The summed E-state index contributed by atoms with van der Waals surface area (Å²) in [6, 6.07) is 13.1. The van der Waals surface area contributed by atoms with Gasteiger partial charge in [-0.05, 0) is 36.8 Å². The Labute approximate surface area is 152 Å². The van der Waals surface area contributed by atoms with Crippen molar-refractivity contribution in [1.29, 1.82) is 0 Å². The summed E-state index contributed by atoms with van der Waals surface area (Å²) < 4.78 is 26.6. The molecule has 0 unspecified atom stereocenters. The van der Waals surface area contributed by atoms with Crippen LogP contribution in [-0.2, 0) is 14.8 Å². The molecule has 3 rings (SSSR count). The maximum absolute atomic E-state index is 12.7. The van der Waals surface area contributed by atoms with Gasteiger partial charge in [-0.3, -0.25) is 9.59 Å². The SMILES string of the molecule is Cc1ccccc1NC(=O)c1cccc(S(=O)(=O)N2CCNC(=O)C2)c1. The van der Waals surface area contributed by atoms with E-state index < -0.39 is 15.9 Å². The number of nitrogens with one attached hydrogen (secondary N) is 2. The number of nitrogens with zero attached hydrogens (tertiary/aromatic N) is 1. The summed E-state index contributed by atoms with van der Waals surface area (Å²) in [6.45, 7) is 2.12. The summed E-state index contributed by atoms with van der Waals surface area (Å²) in [7, 11) is -3.84. The first-order chi connectivity index (χ1) is 12.4. The number of carbonyl (C=O) groups is 2. The Morgan fingerprint density at radius 2 is 1.92 bits per heavy atom. The third-order valence-electron chi connectivity index (χ3n) is 4.13.